The molecule has 1 aliphatic heterocycles. The van der Waals surface area contributed by atoms with Crippen molar-refractivity contribution in [2.75, 3.05) is 43.4 Å². The van der Waals surface area contributed by atoms with Crippen molar-refractivity contribution in [2.45, 2.75) is 25.8 Å². The second-order valence-electron chi connectivity index (χ2n) is 11.0. The van der Waals surface area contributed by atoms with Crippen molar-refractivity contribution >= 4 is 29.1 Å². The summed E-state index contributed by atoms with van der Waals surface area (Å²) >= 11 is 0. The number of rotatable bonds is 9. The molecule has 1 N–H and O–H groups in total. The molecule has 0 radical (unpaired) electrons. The van der Waals surface area contributed by atoms with Crippen LogP contribution in [0.25, 0.3) is 0 Å². The van der Waals surface area contributed by atoms with E-state index in [1.165, 1.54) is 24.3 Å². The number of amides is 3. The van der Waals surface area contributed by atoms with Crippen molar-refractivity contribution in [3.63, 3.8) is 0 Å². The molecule has 44 heavy (non-hydrogen) atoms. The van der Waals surface area contributed by atoms with Crippen LogP contribution in [0.3, 0.4) is 0 Å². The van der Waals surface area contributed by atoms with Crippen molar-refractivity contribution in [3.05, 3.63) is 131 Å². The molecular weight excluding hydrogens is 555 g/mol. The van der Waals surface area contributed by atoms with Crippen LogP contribution in [-0.4, -0.2) is 60.7 Å². The van der Waals surface area contributed by atoms with Crippen LogP contribution in [0.4, 0.5) is 15.8 Å². The molecule has 1 aliphatic rings. The molecule has 7 nitrogen and oxygen atoms in total. The number of benzene rings is 4. The second kappa shape index (κ2) is 14.0. The van der Waals surface area contributed by atoms with Crippen LogP contribution >= 0.6 is 0 Å². The second-order valence-corrected chi connectivity index (χ2v) is 11.0. The van der Waals surface area contributed by atoms with E-state index in [0.29, 0.717) is 44.0 Å². The topological polar surface area (TPSA) is 73.0 Å². The number of anilines is 2. The van der Waals surface area contributed by atoms with E-state index in [1.54, 1.807) is 24.1 Å². The molecular formula is C36H37FN4O3. The molecule has 0 bridgehead atoms. The quantitative estimate of drug-likeness (QED) is 0.252. The van der Waals surface area contributed by atoms with Crippen LogP contribution in [0.2, 0.25) is 0 Å². The Morgan fingerprint density at radius 3 is 2.18 bits per heavy atom. The smallest absolute Gasteiger partial charge is 0.256 e. The molecule has 3 amide bonds. The summed E-state index contributed by atoms with van der Waals surface area (Å²) in [5, 5.41) is 2.81. The minimum atomic E-state index is -0.502. The summed E-state index contributed by atoms with van der Waals surface area (Å²) < 4.78 is 13.7. The molecule has 1 atom stereocenters. The van der Waals surface area contributed by atoms with Crippen molar-refractivity contribution in [2.24, 2.45) is 0 Å². The summed E-state index contributed by atoms with van der Waals surface area (Å²) in [5.74, 6) is -1.23. The number of piperazine rings is 1. The highest BCUT2D eigenvalue weighted by molar-refractivity contribution is 6.06. The van der Waals surface area contributed by atoms with Crippen molar-refractivity contribution in [3.8, 4) is 0 Å². The molecule has 0 spiro atoms. The van der Waals surface area contributed by atoms with Crippen LogP contribution in [0, 0.1) is 5.82 Å². The highest BCUT2D eigenvalue weighted by atomic mass is 19.1. The van der Waals surface area contributed by atoms with Gasteiger partial charge < -0.3 is 20.0 Å². The van der Waals surface area contributed by atoms with Crippen molar-refractivity contribution in [1.82, 2.24) is 9.80 Å². The fourth-order valence-corrected chi connectivity index (χ4v) is 5.65. The van der Waals surface area contributed by atoms with Gasteiger partial charge in [0.05, 0.1) is 11.5 Å². The third-order valence-corrected chi connectivity index (χ3v) is 8.02. The van der Waals surface area contributed by atoms with Crippen LogP contribution in [0.15, 0.2) is 103 Å². The van der Waals surface area contributed by atoms with E-state index >= 15 is 0 Å². The van der Waals surface area contributed by atoms with E-state index < -0.39 is 11.7 Å². The molecule has 1 heterocycles. The summed E-state index contributed by atoms with van der Waals surface area (Å²) in [6.07, 6.45) is 0.721. The fraction of sp³-hybridized carbons (Fsp3) is 0.250. The summed E-state index contributed by atoms with van der Waals surface area (Å²) in [7, 11) is 1.75. The largest absolute Gasteiger partial charge is 0.367 e. The minimum absolute atomic E-state index is 0.118. The molecule has 1 saturated heterocycles. The van der Waals surface area contributed by atoms with Gasteiger partial charge in [0.1, 0.15) is 5.82 Å². The summed E-state index contributed by atoms with van der Waals surface area (Å²) in [4.78, 5) is 45.9. The van der Waals surface area contributed by atoms with Gasteiger partial charge in [0.25, 0.3) is 11.8 Å². The van der Waals surface area contributed by atoms with Gasteiger partial charge in [-0.1, -0.05) is 73.7 Å². The van der Waals surface area contributed by atoms with Gasteiger partial charge in [-0.3, -0.25) is 14.4 Å². The SMILES string of the molecule is CCC(C(=O)N1CCN(c2ccc(NC(=O)c3cccc(F)c3)cc2C(=O)N(C)Cc2ccccc2)CC1)c1ccccc1. The molecule has 0 saturated carbocycles. The van der Waals surface area contributed by atoms with E-state index in [9.17, 15) is 18.8 Å². The number of hydrogen-bond donors (Lipinski definition) is 1. The van der Waals surface area contributed by atoms with Crippen LogP contribution in [0.5, 0.6) is 0 Å². The highest BCUT2D eigenvalue weighted by Crippen LogP contribution is 2.29. The van der Waals surface area contributed by atoms with Gasteiger partial charge in [-0.15, -0.1) is 0 Å². The maximum atomic E-state index is 13.9. The Morgan fingerprint density at radius 2 is 1.52 bits per heavy atom. The Balaban J connectivity index is 1.36. The van der Waals surface area contributed by atoms with E-state index in [0.717, 1.165) is 23.2 Å². The van der Waals surface area contributed by atoms with Gasteiger partial charge in [0, 0.05) is 56.7 Å². The molecule has 8 heteroatoms. The van der Waals surface area contributed by atoms with Crippen LogP contribution in [0.1, 0.15) is 51.1 Å². The first-order chi connectivity index (χ1) is 21.3. The van der Waals surface area contributed by atoms with E-state index in [4.69, 9.17) is 0 Å². The number of hydrogen-bond acceptors (Lipinski definition) is 4. The molecule has 1 unspecified atom stereocenters. The Kier molecular flexibility index (Phi) is 9.69. The van der Waals surface area contributed by atoms with Gasteiger partial charge in [-0.05, 0) is 53.9 Å². The van der Waals surface area contributed by atoms with Crippen molar-refractivity contribution < 1.29 is 18.8 Å². The lowest BCUT2D eigenvalue weighted by molar-refractivity contribution is -0.133. The third kappa shape index (κ3) is 7.14. The van der Waals surface area contributed by atoms with Crippen LogP contribution in [-0.2, 0) is 11.3 Å². The maximum absolute atomic E-state index is 13.9. The third-order valence-electron chi connectivity index (χ3n) is 8.02. The average molecular weight is 593 g/mol. The van der Waals surface area contributed by atoms with Gasteiger partial charge in [0.2, 0.25) is 5.91 Å². The predicted molar refractivity (Wildman–Crippen MR) is 171 cm³/mol. The molecule has 4 aromatic rings. The molecule has 5 rings (SSSR count). The number of nitrogens with one attached hydrogen (secondary N) is 1. The van der Waals surface area contributed by atoms with Gasteiger partial charge in [-0.25, -0.2) is 4.39 Å². The Morgan fingerprint density at radius 1 is 0.841 bits per heavy atom. The van der Waals surface area contributed by atoms with Crippen LogP contribution < -0.4 is 10.2 Å². The molecule has 0 aliphatic carbocycles. The molecule has 4 aromatic carbocycles. The summed E-state index contributed by atoms with van der Waals surface area (Å²) in [6.45, 7) is 4.65. The van der Waals surface area contributed by atoms with E-state index in [-0.39, 0.29) is 23.3 Å². The maximum Gasteiger partial charge on any atom is 0.256 e. The van der Waals surface area contributed by atoms with Gasteiger partial charge >= 0.3 is 0 Å². The van der Waals surface area contributed by atoms with Gasteiger partial charge in [-0.2, -0.15) is 0 Å². The van der Waals surface area contributed by atoms with Gasteiger partial charge in [0.15, 0.2) is 0 Å². The molecule has 226 valence electrons. The normalized spacial score (nSPS) is 13.7. The number of carbonyl (C=O) groups excluding carboxylic acids is 3. The zero-order valence-electron chi connectivity index (χ0n) is 25.1. The lowest BCUT2D eigenvalue weighted by atomic mass is 9.94. The zero-order valence-corrected chi connectivity index (χ0v) is 25.1. The first-order valence-electron chi connectivity index (χ1n) is 14.9. The lowest BCUT2D eigenvalue weighted by Gasteiger charge is -2.38. The highest BCUT2D eigenvalue weighted by Gasteiger charge is 2.29. The fourth-order valence-electron chi connectivity index (χ4n) is 5.65. The zero-order chi connectivity index (χ0) is 31.1. The Hall–Kier alpha value is -4.98. The van der Waals surface area contributed by atoms with Crippen molar-refractivity contribution in [1.29, 1.82) is 0 Å². The molecule has 1 fully saturated rings. The summed E-state index contributed by atoms with van der Waals surface area (Å²) in [5.41, 5.74) is 3.81. The standard InChI is InChI=1S/C36H37FN4O3/c1-3-31(27-13-8-5-9-14-27)36(44)41-21-19-40(20-22-41)33-18-17-30(38-34(42)28-15-10-16-29(37)23-28)24-32(33)35(43)39(2)25-26-11-6-4-7-12-26/h4-18,23-24,31H,3,19-22,25H2,1-2H3,(H,38,42). The van der Waals surface area contributed by atoms with E-state index in [1.807, 2.05) is 78.6 Å². The number of carbonyl (C=O) groups is 3. The monoisotopic (exact) mass is 592 g/mol. The molecule has 0 aromatic heterocycles. The Bertz CT molecular complexity index is 1600. The number of nitrogens with zero attached hydrogens (tertiary/aromatic N) is 3. The predicted octanol–water partition coefficient (Wildman–Crippen LogP) is 6.19. The summed E-state index contributed by atoms with van der Waals surface area (Å²) in [6, 6.07) is 30.3. The number of halogens is 1. The van der Waals surface area contributed by atoms with E-state index in [2.05, 4.69) is 10.2 Å². The lowest BCUT2D eigenvalue weighted by Crippen LogP contribution is -2.50. The first-order valence-corrected chi connectivity index (χ1v) is 14.9. The first kappa shape index (κ1) is 30.5. The Labute approximate surface area is 257 Å². The average Bonchev–Trinajstić information content (AvgIpc) is 3.05. The minimum Gasteiger partial charge on any atom is -0.367 e.